The zero-order chi connectivity index (χ0) is 10.4. The van der Waals surface area contributed by atoms with Crippen molar-refractivity contribution in [1.29, 1.82) is 0 Å². The average molecular weight is 211 g/mol. The van der Waals surface area contributed by atoms with Crippen molar-refractivity contribution in [2.75, 3.05) is 11.5 Å². The van der Waals surface area contributed by atoms with Crippen LogP contribution in [0.3, 0.4) is 0 Å². The Morgan fingerprint density at radius 3 is 2.86 bits per heavy atom. The highest BCUT2D eigenvalue weighted by Crippen LogP contribution is 2.13. The average Bonchev–Trinajstić information content (AvgIpc) is 2.15. The molecule has 0 aliphatic heterocycles. The van der Waals surface area contributed by atoms with E-state index in [0.717, 1.165) is 17.9 Å². The first-order valence-corrected chi connectivity index (χ1v) is 5.87. The van der Waals surface area contributed by atoms with Crippen molar-refractivity contribution in [1.82, 2.24) is 4.98 Å². The summed E-state index contributed by atoms with van der Waals surface area (Å²) in [4.78, 5) is 4.03. The third kappa shape index (κ3) is 4.48. The quantitative estimate of drug-likeness (QED) is 0.727. The Bertz CT molecular complexity index is 259. The molecule has 78 valence electrons. The normalized spacial score (nSPS) is 12.7. The first kappa shape index (κ1) is 11.3. The molecular formula is C10H17N3S. The third-order valence-electron chi connectivity index (χ3n) is 1.83. The Balaban J connectivity index is 2.21. The molecule has 4 N–H and O–H groups in total. The summed E-state index contributed by atoms with van der Waals surface area (Å²) in [5, 5.41) is 0. The molecule has 1 atom stereocenters. The summed E-state index contributed by atoms with van der Waals surface area (Å²) in [6, 6.07) is 4.15. The smallest absolute Gasteiger partial charge is 0.123 e. The molecule has 0 radical (unpaired) electrons. The van der Waals surface area contributed by atoms with Gasteiger partial charge in [-0.1, -0.05) is 6.07 Å². The lowest BCUT2D eigenvalue weighted by Gasteiger charge is -2.04. The number of nitrogens with zero attached hydrogens (tertiary/aromatic N) is 1. The van der Waals surface area contributed by atoms with Gasteiger partial charge in [0.05, 0.1) is 0 Å². The lowest BCUT2D eigenvalue weighted by atomic mass is 10.3. The standard InChI is InChI=1S/C10H17N3S/c1-8(11)4-5-14-7-9-2-3-10(12)13-6-9/h2-3,6,8H,4-5,7,11H2,1H3,(H2,12,13). The van der Waals surface area contributed by atoms with Gasteiger partial charge < -0.3 is 11.5 Å². The van der Waals surface area contributed by atoms with Crippen LogP contribution in [0.1, 0.15) is 18.9 Å². The van der Waals surface area contributed by atoms with Crippen molar-refractivity contribution in [3.8, 4) is 0 Å². The number of nitrogens with two attached hydrogens (primary N) is 2. The maximum atomic E-state index is 5.65. The maximum Gasteiger partial charge on any atom is 0.123 e. The van der Waals surface area contributed by atoms with Gasteiger partial charge >= 0.3 is 0 Å². The topological polar surface area (TPSA) is 64.9 Å². The molecule has 1 aromatic rings. The van der Waals surface area contributed by atoms with Gasteiger partial charge in [-0.3, -0.25) is 0 Å². The number of hydrogen-bond donors (Lipinski definition) is 2. The van der Waals surface area contributed by atoms with Crippen LogP contribution >= 0.6 is 11.8 Å². The number of anilines is 1. The fourth-order valence-corrected chi connectivity index (χ4v) is 2.07. The molecule has 0 saturated carbocycles. The summed E-state index contributed by atoms with van der Waals surface area (Å²) < 4.78 is 0. The molecule has 4 heteroatoms. The summed E-state index contributed by atoms with van der Waals surface area (Å²) >= 11 is 1.88. The van der Waals surface area contributed by atoms with E-state index in [0.29, 0.717) is 11.9 Å². The Morgan fingerprint density at radius 1 is 1.50 bits per heavy atom. The summed E-state index contributed by atoms with van der Waals surface area (Å²) in [7, 11) is 0. The number of hydrogen-bond acceptors (Lipinski definition) is 4. The Morgan fingerprint density at radius 2 is 2.29 bits per heavy atom. The van der Waals surface area contributed by atoms with E-state index in [-0.39, 0.29) is 0 Å². The van der Waals surface area contributed by atoms with Gasteiger partial charge in [-0.05, 0) is 30.7 Å². The second-order valence-electron chi connectivity index (χ2n) is 3.41. The second-order valence-corrected chi connectivity index (χ2v) is 4.52. The molecule has 1 aromatic heterocycles. The number of nitrogen functional groups attached to an aromatic ring is 1. The summed E-state index contributed by atoms with van der Waals surface area (Å²) in [5.74, 6) is 2.66. The monoisotopic (exact) mass is 211 g/mol. The highest BCUT2D eigenvalue weighted by atomic mass is 32.2. The molecule has 0 aliphatic carbocycles. The van der Waals surface area contributed by atoms with Gasteiger partial charge in [-0.25, -0.2) is 4.98 Å². The fourth-order valence-electron chi connectivity index (χ4n) is 0.981. The van der Waals surface area contributed by atoms with Crippen molar-refractivity contribution in [2.45, 2.75) is 25.1 Å². The van der Waals surface area contributed by atoms with Crippen molar-refractivity contribution in [3.63, 3.8) is 0 Å². The van der Waals surface area contributed by atoms with Gasteiger partial charge in [-0.15, -0.1) is 0 Å². The molecule has 1 unspecified atom stereocenters. The summed E-state index contributed by atoms with van der Waals surface area (Å²) in [5.41, 5.74) is 12.4. The van der Waals surface area contributed by atoms with Crippen LogP contribution in [0.2, 0.25) is 0 Å². The summed E-state index contributed by atoms with van der Waals surface area (Å²) in [6.07, 6.45) is 2.89. The molecule has 1 rings (SSSR count). The largest absolute Gasteiger partial charge is 0.384 e. The van der Waals surface area contributed by atoms with Crippen molar-refractivity contribution in [2.24, 2.45) is 5.73 Å². The van der Waals surface area contributed by atoms with Gasteiger partial charge in [0.1, 0.15) is 5.82 Å². The van der Waals surface area contributed by atoms with Crippen LogP contribution in [0, 0.1) is 0 Å². The van der Waals surface area contributed by atoms with Crippen LogP contribution in [-0.4, -0.2) is 16.8 Å². The molecule has 0 saturated heterocycles. The maximum absolute atomic E-state index is 5.65. The predicted molar refractivity (Wildman–Crippen MR) is 63.1 cm³/mol. The van der Waals surface area contributed by atoms with Crippen molar-refractivity contribution >= 4 is 17.6 Å². The molecule has 0 aliphatic rings. The number of aromatic nitrogens is 1. The van der Waals surface area contributed by atoms with Crippen LogP contribution in [-0.2, 0) is 5.75 Å². The minimum absolute atomic E-state index is 0.298. The van der Waals surface area contributed by atoms with Crippen LogP contribution in [0.25, 0.3) is 0 Å². The van der Waals surface area contributed by atoms with Crippen LogP contribution < -0.4 is 11.5 Å². The van der Waals surface area contributed by atoms with E-state index >= 15 is 0 Å². The number of thioether (sulfide) groups is 1. The van der Waals surface area contributed by atoms with Gasteiger partial charge in [0.15, 0.2) is 0 Å². The summed E-state index contributed by atoms with van der Waals surface area (Å²) in [6.45, 7) is 2.03. The first-order chi connectivity index (χ1) is 6.68. The molecule has 14 heavy (non-hydrogen) atoms. The van der Waals surface area contributed by atoms with E-state index in [9.17, 15) is 0 Å². The molecule has 0 amide bonds. The molecule has 0 fully saturated rings. The lowest BCUT2D eigenvalue weighted by molar-refractivity contribution is 0.721. The fraction of sp³-hybridized carbons (Fsp3) is 0.500. The number of rotatable bonds is 5. The van der Waals surface area contributed by atoms with Gasteiger partial charge in [-0.2, -0.15) is 11.8 Å². The molecule has 0 bridgehead atoms. The van der Waals surface area contributed by atoms with E-state index < -0.39 is 0 Å². The third-order valence-corrected chi connectivity index (χ3v) is 2.90. The zero-order valence-electron chi connectivity index (χ0n) is 8.44. The van der Waals surface area contributed by atoms with Crippen LogP contribution in [0.5, 0.6) is 0 Å². The van der Waals surface area contributed by atoms with Gasteiger partial charge in [0.25, 0.3) is 0 Å². The molecule has 0 spiro atoms. The first-order valence-electron chi connectivity index (χ1n) is 4.72. The van der Waals surface area contributed by atoms with E-state index in [1.165, 1.54) is 5.56 Å². The lowest BCUT2D eigenvalue weighted by Crippen LogP contribution is -2.15. The highest BCUT2D eigenvalue weighted by Gasteiger charge is 1.96. The molecule has 1 heterocycles. The van der Waals surface area contributed by atoms with Crippen molar-refractivity contribution < 1.29 is 0 Å². The molecule has 3 nitrogen and oxygen atoms in total. The zero-order valence-corrected chi connectivity index (χ0v) is 9.26. The van der Waals surface area contributed by atoms with Crippen LogP contribution in [0.15, 0.2) is 18.3 Å². The second kappa shape index (κ2) is 5.88. The number of pyridine rings is 1. The minimum atomic E-state index is 0.298. The highest BCUT2D eigenvalue weighted by molar-refractivity contribution is 7.98. The predicted octanol–water partition coefficient (Wildman–Crippen LogP) is 1.63. The minimum Gasteiger partial charge on any atom is -0.384 e. The molecule has 0 aromatic carbocycles. The van der Waals surface area contributed by atoms with E-state index in [1.54, 1.807) is 0 Å². The Hall–Kier alpha value is -0.740. The van der Waals surface area contributed by atoms with Gasteiger partial charge in [0, 0.05) is 18.0 Å². The Kier molecular flexibility index (Phi) is 4.76. The van der Waals surface area contributed by atoms with E-state index in [4.69, 9.17) is 11.5 Å². The van der Waals surface area contributed by atoms with E-state index in [1.807, 2.05) is 37.0 Å². The molecular weight excluding hydrogens is 194 g/mol. The van der Waals surface area contributed by atoms with E-state index in [2.05, 4.69) is 4.98 Å². The SMILES string of the molecule is CC(N)CCSCc1ccc(N)nc1. The van der Waals surface area contributed by atoms with Gasteiger partial charge in [0.2, 0.25) is 0 Å². The van der Waals surface area contributed by atoms with Crippen LogP contribution in [0.4, 0.5) is 5.82 Å². The Labute approximate surface area is 89.3 Å². The van der Waals surface area contributed by atoms with Crippen molar-refractivity contribution in [3.05, 3.63) is 23.9 Å².